The van der Waals surface area contributed by atoms with E-state index in [1.165, 1.54) is 37.8 Å². The normalized spacial score (nSPS) is 41.9. The Labute approximate surface area is 174 Å². The minimum atomic E-state index is -0.0327. The Balaban J connectivity index is 1.72. The second-order valence-electron chi connectivity index (χ2n) is 9.09. The summed E-state index contributed by atoms with van der Waals surface area (Å²) in [4.78, 5) is 20.5. The fraction of sp³-hybridized carbons (Fsp3) is 0.905. The van der Waals surface area contributed by atoms with Gasteiger partial charge < -0.3 is 5.32 Å². The highest BCUT2D eigenvalue weighted by molar-refractivity contribution is 8.00. The number of amides is 1. The van der Waals surface area contributed by atoms with Gasteiger partial charge in [-0.05, 0) is 38.5 Å². The lowest BCUT2D eigenvalue weighted by molar-refractivity contribution is -0.121. The van der Waals surface area contributed by atoms with Crippen LogP contribution in [0.5, 0.6) is 0 Å². The number of thioether (sulfide) groups is 1. The Hall–Kier alpha value is -0.630. The molecule has 28 heavy (non-hydrogen) atoms. The van der Waals surface area contributed by atoms with Crippen LogP contribution in [0.15, 0.2) is 4.99 Å². The van der Waals surface area contributed by atoms with Crippen molar-refractivity contribution >= 4 is 23.4 Å². The molecule has 0 radical (unpaired) electrons. The zero-order chi connectivity index (χ0) is 19.8. The Morgan fingerprint density at radius 3 is 2.68 bits per heavy atom. The summed E-state index contributed by atoms with van der Waals surface area (Å²) >= 11 is 2.11. The number of fused-ring (bicyclic) bond motifs is 3. The number of carbonyl (C=O) groups is 1. The molecule has 1 aliphatic carbocycles. The van der Waals surface area contributed by atoms with Crippen molar-refractivity contribution in [2.75, 3.05) is 6.54 Å². The Morgan fingerprint density at radius 1 is 1.21 bits per heavy atom. The van der Waals surface area contributed by atoms with E-state index in [1.54, 1.807) is 0 Å². The van der Waals surface area contributed by atoms with Crippen molar-refractivity contribution in [1.29, 1.82) is 0 Å². The molecule has 6 nitrogen and oxygen atoms in total. The zero-order valence-corrected chi connectivity index (χ0v) is 18.6. The number of carbonyl (C=O) groups excluding carboxylic acids is 1. The van der Waals surface area contributed by atoms with Gasteiger partial charge in [-0.15, -0.1) is 11.8 Å². The van der Waals surface area contributed by atoms with Crippen molar-refractivity contribution in [2.24, 2.45) is 22.7 Å². The van der Waals surface area contributed by atoms with E-state index in [4.69, 9.17) is 4.99 Å². The number of rotatable bonds is 4. The maximum atomic E-state index is 12.5. The third-order valence-corrected chi connectivity index (χ3v) is 8.96. The van der Waals surface area contributed by atoms with Crippen LogP contribution in [0.25, 0.3) is 0 Å². The van der Waals surface area contributed by atoms with Gasteiger partial charge in [0.25, 0.3) is 0 Å². The van der Waals surface area contributed by atoms with E-state index in [0.29, 0.717) is 41.3 Å². The molecule has 158 valence electrons. The minimum absolute atomic E-state index is 0.0327. The summed E-state index contributed by atoms with van der Waals surface area (Å²) in [5, 5.41) is 4.06. The molecule has 4 aliphatic rings. The van der Waals surface area contributed by atoms with E-state index in [1.807, 2.05) is 6.92 Å². The molecule has 3 fully saturated rings. The van der Waals surface area contributed by atoms with Gasteiger partial charge in [-0.3, -0.25) is 14.7 Å². The van der Waals surface area contributed by atoms with Crippen molar-refractivity contribution in [3.63, 3.8) is 0 Å². The van der Waals surface area contributed by atoms with Crippen LogP contribution in [0.1, 0.15) is 66.2 Å². The van der Waals surface area contributed by atoms with E-state index >= 15 is 0 Å². The van der Waals surface area contributed by atoms with Gasteiger partial charge in [0.15, 0.2) is 0 Å². The predicted molar refractivity (Wildman–Crippen MR) is 116 cm³/mol. The number of hydrogen-bond donors (Lipinski definition) is 3. The fourth-order valence-corrected chi connectivity index (χ4v) is 7.53. The van der Waals surface area contributed by atoms with Gasteiger partial charge in [0.05, 0.1) is 30.2 Å². The SMILES string of the molecule is CCNC(=O)CC1N=C(C2CCCCC2)C2C(C)C(C)SC2N2C(C)NNC12. The molecule has 7 heteroatoms. The van der Waals surface area contributed by atoms with Gasteiger partial charge in [-0.2, -0.15) is 0 Å². The molecular weight excluding hydrogens is 370 g/mol. The summed E-state index contributed by atoms with van der Waals surface area (Å²) in [6, 6.07) is -0.0327. The maximum absolute atomic E-state index is 12.5. The first-order valence-corrected chi connectivity index (χ1v) is 12.2. The number of aliphatic imine (C=N–C) groups is 1. The largest absolute Gasteiger partial charge is 0.356 e. The average molecular weight is 408 g/mol. The van der Waals surface area contributed by atoms with Gasteiger partial charge in [-0.1, -0.05) is 33.1 Å². The summed E-state index contributed by atoms with van der Waals surface area (Å²) < 4.78 is 0. The summed E-state index contributed by atoms with van der Waals surface area (Å²) in [5.74, 6) is 1.83. The molecule has 0 spiro atoms. The van der Waals surface area contributed by atoms with Gasteiger partial charge in [0, 0.05) is 23.4 Å². The predicted octanol–water partition coefficient (Wildman–Crippen LogP) is 2.71. The van der Waals surface area contributed by atoms with E-state index in [-0.39, 0.29) is 24.3 Å². The highest BCUT2D eigenvalue weighted by Crippen LogP contribution is 2.50. The van der Waals surface area contributed by atoms with E-state index in [0.717, 1.165) is 0 Å². The van der Waals surface area contributed by atoms with Crippen molar-refractivity contribution < 1.29 is 4.79 Å². The molecule has 3 N–H and O–H groups in total. The van der Waals surface area contributed by atoms with Crippen molar-refractivity contribution in [2.45, 2.75) is 95.2 Å². The molecule has 1 amide bonds. The highest BCUT2D eigenvalue weighted by Gasteiger charge is 2.53. The highest BCUT2D eigenvalue weighted by atomic mass is 32.2. The monoisotopic (exact) mass is 407 g/mol. The molecule has 1 saturated carbocycles. The van der Waals surface area contributed by atoms with Crippen LogP contribution in [0.3, 0.4) is 0 Å². The standard InChI is InChI=1S/C21H37N5OS/c1-5-22-17(27)11-16-20-25-24-14(4)26(20)21-18(12(2)13(3)28-21)19(23-16)15-9-7-6-8-10-15/h12-16,18,20-21,24-25H,5-11H2,1-4H3,(H,22,27). The molecule has 7 unspecified atom stereocenters. The first-order valence-electron chi connectivity index (χ1n) is 11.3. The lowest BCUT2D eigenvalue weighted by Crippen LogP contribution is -2.51. The Kier molecular flexibility index (Phi) is 6.35. The van der Waals surface area contributed by atoms with E-state index in [9.17, 15) is 4.79 Å². The molecule has 0 aromatic heterocycles. The number of nitrogens with one attached hydrogen (secondary N) is 3. The lowest BCUT2D eigenvalue weighted by atomic mass is 9.76. The average Bonchev–Trinajstić information content (AvgIpc) is 3.15. The number of hydrogen-bond acceptors (Lipinski definition) is 6. The Bertz CT molecular complexity index is 608. The van der Waals surface area contributed by atoms with Crippen LogP contribution in [0, 0.1) is 17.8 Å². The van der Waals surface area contributed by atoms with E-state index in [2.05, 4.69) is 53.6 Å². The fourth-order valence-electron chi connectivity index (χ4n) is 5.66. The van der Waals surface area contributed by atoms with Crippen LogP contribution in [-0.2, 0) is 4.79 Å². The molecule has 0 aromatic rings. The number of nitrogens with zero attached hydrogens (tertiary/aromatic N) is 2. The van der Waals surface area contributed by atoms with Crippen molar-refractivity contribution in [3.8, 4) is 0 Å². The minimum Gasteiger partial charge on any atom is -0.356 e. The van der Waals surface area contributed by atoms with Crippen molar-refractivity contribution in [1.82, 2.24) is 21.1 Å². The molecule has 0 bridgehead atoms. The molecular formula is C21H37N5OS. The van der Waals surface area contributed by atoms with Crippen LogP contribution in [-0.4, -0.2) is 52.1 Å². The van der Waals surface area contributed by atoms with Crippen molar-refractivity contribution in [3.05, 3.63) is 0 Å². The first-order chi connectivity index (χ1) is 13.5. The van der Waals surface area contributed by atoms with Crippen LogP contribution >= 0.6 is 11.8 Å². The topological polar surface area (TPSA) is 68.8 Å². The van der Waals surface area contributed by atoms with Gasteiger partial charge in [0.2, 0.25) is 5.91 Å². The van der Waals surface area contributed by atoms with Crippen LogP contribution in [0.4, 0.5) is 0 Å². The molecule has 7 atom stereocenters. The van der Waals surface area contributed by atoms with Gasteiger partial charge in [-0.25, -0.2) is 10.9 Å². The zero-order valence-electron chi connectivity index (χ0n) is 17.8. The number of hydrazine groups is 1. The first kappa shape index (κ1) is 20.6. The summed E-state index contributed by atoms with van der Waals surface area (Å²) in [7, 11) is 0. The van der Waals surface area contributed by atoms with Gasteiger partial charge >= 0.3 is 0 Å². The summed E-state index contributed by atoms with van der Waals surface area (Å²) in [6.45, 7) is 9.69. The third kappa shape index (κ3) is 3.75. The second-order valence-corrected chi connectivity index (χ2v) is 10.6. The quantitative estimate of drug-likeness (QED) is 0.669. The molecule has 0 aromatic carbocycles. The Morgan fingerprint density at radius 2 is 1.96 bits per heavy atom. The van der Waals surface area contributed by atoms with E-state index < -0.39 is 0 Å². The smallest absolute Gasteiger partial charge is 0.222 e. The van der Waals surface area contributed by atoms with Gasteiger partial charge in [0.1, 0.15) is 0 Å². The van der Waals surface area contributed by atoms with Crippen LogP contribution in [0.2, 0.25) is 0 Å². The molecule has 3 aliphatic heterocycles. The summed E-state index contributed by atoms with van der Waals surface area (Å²) in [5.41, 5.74) is 8.35. The molecule has 2 saturated heterocycles. The second kappa shape index (κ2) is 8.62. The molecule has 4 rings (SSSR count). The lowest BCUT2D eigenvalue weighted by Gasteiger charge is -2.36. The summed E-state index contributed by atoms with van der Waals surface area (Å²) in [6.07, 6.45) is 7.33. The molecule has 3 heterocycles. The van der Waals surface area contributed by atoms with Crippen LogP contribution < -0.4 is 16.2 Å². The maximum Gasteiger partial charge on any atom is 0.222 e. The third-order valence-electron chi connectivity index (χ3n) is 7.28.